The third-order valence-corrected chi connectivity index (χ3v) is 5.19. The Balaban J connectivity index is 1.33. The van der Waals surface area contributed by atoms with Crippen LogP contribution in [0, 0.1) is 13.8 Å². The lowest BCUT2D eigenvalue weighted by atomic mass is 10.1. The first-order chi connectivity index (χ1) is 14.5. The highest BCUT2D eigenvalue weighted by Crippen LogP contribution is 2.22. The quantitative estimate of drug-likeness (QED) is 0.544. The molecule has 30 heavy (non-hydrogen) atoms. The van der Waals surface area contributed by atoms with Gasteiger partial charge in [-0.3, -0.25) is 14.5 Å². The molecular formula is C24H31N3O3. The van der Waals surface area contributed by atoms with E-state index in [4.69, 9.17) is 4.74 Å². The fourth-order valence-electron chi connectivity index (χ4n) is 3.75. The Morgan fingerprint density at radius 2 is 1.77 bits per heavy atom. The van der Waals surface area contributed by atoms with E-state index in [1.54, 1.807) is 0 Å². The second-order valence-corrected chi connectivity index (χ2v) is 7.86. The lowest BCUT2D eigenvalue weighted by Gasteiger charge is -2.33. The lowest BCUT2D eigenvalue weighted by molar-refractivity contribution is -0.136. The van der Waals surface area contributed by atoms with Crippen molar-refractivity contribution < 1.29 is 14.3 Å². The van der Waals surface area contributed by atoms with Crippen LogP contribution in [0.3, 0.4) is 0 Å². The first kappa shape index (κ1) is 22.0. The number of amides is 2. The average molecular weight is 410 g/mol. The Kier molecular flexibility index (Phi) is 7.99. The van der Waals surface area contributed by atoms with Crippen molar-refractivity contribution >= 4 is 17.5 Å². The number of hydrogen-bond acceptors (Lipinski definition) is 4. The molecule has 0 aliphatic carbocycles. The third-order valence-electron chi connectivity index (χ3n) is 5.19. The summed E-state index contributed by atoms with van der Waals surface area (Å²) in [6, 6.07) is 16.0. The summed E-state index contributed by atoms with van der Waals surface area (Å²) < 4.78 is 5.90. The van der Waals surface area contributed by atoms with Crippen LogP contribution in [-0.2, 0) is 14.3 Å². The van der Waals surface area contributed by atoms with Crippen molar-refractivity contribution in [3.8, 4) is 0 Å². The molecule has 1 aliphatic rings. The standard InChI is InChI=1S/C24H31N3O3/c1-18-14-19(2)16-21(15-18)26-24(29)23(28)25-10-6-7-11-27-12-13-30-22(17-27)20-8-4-3-5-9-20/h3-5,8-9,14-16,22H,6-7,10-13,17H2,1-2H3,(H,25,28)(H,26,29)/t22-/m0/s1. The van der Waals surface area contributed by atoms with E-state index in [0.29, 0.717) is 12.2 Å². The number of hydrogen-bond donors (Lipinski definition) is 2. The number of benzene rings is 2. The van der Waals surface area contributed by atoms with E-state index in [9.17, 15) is 9.59 Å². The minimum atomic E-state index is -0.626. The van der Waals surface area contributed by atoms with Crippen LogP contribution in [0.15, 0.2) is 48.5 Å². The molecule has 3 rings (SSSR count). The minimum Gasteiger partial charge on any atom is -0.371 e. The Morgan fingerprint density at radius 3 is 2.50 bits per heavy atom. The molecule has 0 saturated carbocycles. The van der Waals surface area contributed by atoms with Crippen LogP contribution < -0.4 is 10.6 Å². The number of morpholine rings is 1. The van der Waals surface area contributed by atoms with Crippen LogP contribution in [-0.4, -0.2) is 49.5 Å². The molecule has 1 saturated heterocycles. The van der Waals surface area contributed by atoms with Crippen molar-refractivity contribution in [2.45, 2.75) is 32.8 Å². The molecule has 0 aromatic heterocycles. The molecule has 1 fully saturated rings. The molecular weight excluding hydrogens is 378 g/mol. The summed E-state index contributed by atoms with van der Waals surface area (Å²) in [6.45, 7) is 7.90. The number of aryl methyl sites for hydroxylation is 2. The summed E-state index contributed by atoms with van der Waals surface area (Å²) in [7, 11) is 0. The molecule has 1 aliphatic heterocycles. The zero-order chi connectivity index (χ0) is 21.3. The predicted molar refractivity (Wildman–Crippen MR) is 118 cm³/mol. The molecule has 0 spiro atoms. The zero-order valence-electron chi connectivity index (χ0n) is 17.8. The van der Waals surface area contributed by atoms with E-state index in [1.165, 1.54) is 5.56 Å². The second-order valence-electron chi connectivity index (χ2n) is 7.86. The van der Waals surface area contributed by atoms with E-state index >= 15 is 0 Å². The summed E-state index contributed by atoms with van der Waals surface area (Å²) in [5.41, 5.74) is 3.95. The molecule has 160 valence electrons. The Labute approximate surface area is 178 Å². The molecule has 0 bridgehead atoms. The number of carbonyl (C=O) groups excluding carboxylic acids is 2. The van der Waals surface area contributed by atoms with Gasteiger partial charge in [0.15, 0.2) is 0 Å². The van der Waals surface area contributed by atoms with Crippen molar-refractivity contribution in [2.75, 3.05) is 38.1 Å². The van der Waals surface area contributed by atoms with Crippen LogP contribution in [0.1, 0.15) is 35.6 Å². The van der Waals surface area contributed by atoms with Gasteiger partial charge in [-0.25, -0.2) is 0 Å². The largest absolute Gasteiger partial charge is 0.371 e. The number of rotatable bonds is 7. The van der Waals surface area contributed by atoms with Crippen LogP contribution in [0.5, 0.6) is 0 Å². The van der Waals surface area contributed by atoms with Gasteiger partial charge < -0.3 is 15.4 Å². The molecule has 2 N–H and O–H groups in total. The summed E-state index contributed by atoms with van der Waals surface area (Å²) >= 11 is 0. The van der Waals surface area contributed by atoms with Crippen molar-refractivity contribution in [3.63, 3.8) is 0 Å². The fraction of sp³-hybridized carbons (Fsp3) is 0.417. The molecule has 0 unspecified atom stereocenters. The van der Waals surface area contributed by atoms with Gasteiger partial charge in [-0.1, -0.05) is 36.4 Å². The summed E-state index contributed by atoms with van der Waals surface area (Å²) in [5, 5.41) is 5.37. The lowest BCUT2D eigenvalue weighted by Crippen LogP contribution is -2.39. The van der Waals surface area contributed by atoms with Gasteiger partial charge in [0, 0.05) is 25.3 Å². The van der Waals surface area contributed by atoms with Crippen molar-refractivity contribution in [2.24, 2.45) is 0 Å². The number of anilines is 1. The minimum absolute atomic E-state index is 0.119. The van der Waals surface area contributed by atoms with Gasteiger partial charge in [-0.05, 0) is 62.1 Å². The Hall–Kier alpha value is -2.70. The molecule has 0 radical (unpaired) electrons. The molecule has 6 nitrogen and oxygen atoms in total. The fourth-order valence-corrected chi connectivity index (χ4v) is 3.75. The van der Waals surface area contributed by atoms with Crippen LogP contribution in [0.4, 0.5) is 5.69 Å². The molecule has 2 aromatic carbocycles. The van der Waals surface area contributed by atoms with E-state index in [-0.39, 0.29) is 6.10 Å². The molecule has 2 amide bonds. The predicted octanol–water partition coefficient (Wildman–Crippen LogP) is 3.21. The van der Waals surface area contributed by atoms with Gasteiger partial charge in [0.1, 0.15) is 0 Å². The van der Waals surface area contributed by atoms with Crippen molar-refractivity contribution in [3.05, 3.63) is 65.2 Å². The van der Waals surface area contributed by atoms with Crippen LogP contribution >= 0.6 is 0 Å². The summed E-state index contributed by atoms with van der Waals surface area (Å²) in [4.78, 5) is 26.5. The number of nitrogens with one attached hydrogen (secondary N) is 2. The normalized spacial score (nSPS) is 16.8. The maximum atomic E-state index is 12.1. The maximum Gasteiger partial charge on any atom is 0.313 e. The molecule has 6 heteroatoms. The van der Waals surface area contributed by atoms with Gasteiger partial charge in [0.25, 0.3) is 0 Å². The number of carbonyl (C=O) groups is 2. The smallest absolute Gasteiger partial charge is 0.313 e. The molecule has 1 atom stereocenters. The van der Waals surface area contributed by atoms with Crippen molar-refractivity contribution in [1.29, 1.82) is 0 Å². The second kappa shape index (κ2) is 10.9. The monoisotopic (exact) mass is 409 g/mol. The average Bonchev–Trinajstić information content (AvgIpc) is 2.73. The highest BCUT2D eigenvalue weighted by Gasteiger charge is 2.21. The van der Waals surface area contributed by atoms with Gasteiger partial charge in [0.2, 0.25) is 0 Å². The van der Waals surface area contributed by atoms with E-state index < -0.39 is 11.8 Å². The van der Waals surface area contributed by atoms with Crippen LogP contribution in [0.2, 0.25) is 0 Å². The number of ether oxygens (including phenoxy) is 1. The van der Waals surface area contributed by atoms with E-state index in [1.807, 2.05) is 50.2 Å². The zero-order valence-corrected chi connectivity index (χ0v) is 17.8. The SMILES string of the molecule is Cc1cc(C)cc(NC(=O)C(=O)NCCCCN2CCO[C@H](c3ccccc3)C2)c1. The summed E-state index contributed by atoms with van der Waals surface area (Å²) in [6.07, 6.45) is 1.91. The van der Waals surface area contributed by atoms with E-state index in [0.717, 1.165) is 50.2 Å². The third kappa shape index (κ3) is 6.68. The Morgan fingerprint density at radius 1 is 1.03 bits per heavy atom. The summed E-state index contributed by atoms with van der Waals surface area (Å²) in [5.74, 6) is -1.22. The van der Waals surface area contributed by atoms with Gasteiger partial charge >= 0.3 is 11.8 Å². The Bertz CT molecular complexity index is 834. The van der Waals surface area contributed by atoms with Crippen molar-refractivity contribution in [1.82, 2.24) is 10.2 Å². The first-order valence-electron chi connectivity index (χ1n) is 10.6. The van der Waals surface area contributed by atoms with Gasteiger partial charge in [-0.15, -0.1) is 0 Å². The van der Waals surface area contributed by atoms with E-state index in [2.05, 4.69) is 27.7 Å². The van der Waals surface area contributed by atoms with Gasteiger partial charge in [-0.2, -0.15) is 0 Å². The topological polar surface area (TPSA) is 70.7 Å². The van der Waals surface area contributed by atoms with Crippen LogP contribution in [0.25, 0.3) is 0 Å². The maximum absolute atomic E-state index is 12.1. The molecule has 1 heterocycles. The highest BCUT2D eigenvalue weighted by atomic mass is 16.5. The molecule has 2 aromatic rings. The number of unbranched alkanes of at least 4 members (excludes halogenated alkanes) is 1. The highest BCUT2D eigenvalue weighted by molar-refractivity contribution is 6.39. The van der Waals surface area contributed by atoms with Gasteiger partial charge in [0.05, 0.1) is 12.7 Å². The number of nitrogens with zero attached hydrogens (tertiary/aromatic N) is 1. The first-order valence-corrected chi connectivity index (χ1v) is 10.6.